The van der Waals surface area contributed by atoms with Gasteiger partial charge in [-0.05, 0) is 149 Å². The minimum Gasteiger partial charge on any atom is -0.368 e. The minimum absolute atomic E-state index is 0. The quantitative estimate of drug-likeness (QED) is 0.00573. The van der Waals surface area contributed by atoms with E-state index >= 15 is 0 Å². The number of nitrogens with one attached hydrogen (secondary N) is 8. The lowest BCUT2D eigenvalue weighted by molar-refractivity contribution is 0.0650. The number of nitrogens with zero attached hydrogens (tertiary/aromatic N) is 13. The van der Waals surface area contributed by atoms with Crippen LogP contribution in [0.2, 0.25) is 0 Å². The zero-order valence-electron chi connectivity index (χ0n) is 72.4. The van der Waals surface area contributed by atoms with Crippen molar-refractivity contribution in [1.29, 1.82) is 0 Å². The molecule has 9 amide bonds. The summed E-state index contributed by atoms with van der Waals surface area (Å²) in [5.41, 5.74) is 9.41. The summed E-state index contributed by atoms with van der Waals surface area (Å²) in [5.74, 6) is 7.52. The van der Waals surface area contributed by atoms with Crippen LogP contribution in [0.1, 0.15) is 207 Å². The number of urea groups is 2. The molecule has 33 nitrogen and oxygen atoms in total. The molecule has 4 aromatic heterocycles. The Balaban J connectivity index is 0.000000307. The van der Waals surface area contributed by atoms with Crippen LogP contribution in [-0.2, 0) is 0 Å². The normalized spacial score (nSPS) is 12.5. The highest BCUT2D eigenvalue weighted by Gasteiger charge is 2.37. The molecule has 6 heterocycles. The molecule has 0 fully saturated rings. The van der Waals surface area contributed by atoms with Gasteiger partial charge in [0.2, 0.25) is 17.8 Å². The topological polar surface area (TPSA) is 449 Å². The van der Waals surface area contributed by atoms with E-state index in [4.69, 9.17) is 34.8 Å². The summed E-state index contributed by atoms with van der Waals surface area (Å²) in [4.78, 5) is 158. The van der Waals surface area contributed by atoms with Crippen LogP contribution in [0.4, 0.5) is 71.1 Å². The fraction of sp³-hybridized carbons (Fsp3) is 0.356. The summed E-state index contributed by atoms with van der Waals surface area (Å²) in [7, 11) is 0. The van der Waals surface area contributed by atoms with Crippen molar-refractivity contribution in [3.05, 3.63) is 264 Å². The highest BCUT2D eigenvalue weighted by Crippen LogP contribution is 2.31. The van der Waals surface area contributed by atoms with Crippen molar-refractivity contribution in [2.24, 2.45) is 32.1 Å². The monoisotopic (exact) mass is 1800 g/mol. The molecule has 0 radical (unpaired) electrons. The second-order valence-electron chi connectivity index (χ2n) is 29.4. The van der Waals surface area contributed by atoms with Crippen LogP contribution < -0.4 is 64.7 Å². The SMILES string of the molecule is CCCCC(CC)c1cc(=O)[nH]c(NC(=O)NCCN(CCNC(=O)Nc2nc(C(CC)CCCC)cc(=O)[nH]2)c2ccc(N=Nc3ccc(C)cc3)cc2)n1.CCCCC(CC)c1cc(=O)[nH]c(NC(=O)n2ccnc2)n1.Cc1ccc(N=Nc2ccc(N(CCN3C(=O)c4ccccc4C3=O)CCN3C(=O)c4ccccc4C3=O)cc2)cc1.ClC(Cl)Cl.F.NN.[3HH]. The number of benzene rings is 6. The first-order chi connectivity index (χ1) is 60.9. The van der Waals surface area contributed by atoms with Crippen LogP contribution >= 0.6 is 34.8 Å². The van der Waals surface area contributed by atoms with Crippen LogP contribution in [0.5, 0.6) is 0 Å². The number of halogens is 4. The van der Waals surface area contributed by atoms with Crippen molar-refractivity contribution >= 4 is 128 Å². The lowest BCUT2D eigenvalue weighted by atomic mass is 9.96. The number of carbonyl (C=O) groups excluding carboxylic acids is 7. The summed E-state index contributed by atoms with van der Waals surface area (Å²) in [6.07, 6.45) is 16.1. The van der Waals surface area contributed by atoms with E-state index in [1.807, 2.05) is 121 Å². The number of unbranched alkanes of at least 4 members (excludes halogenated alkanes) is 3. The van der Waals surface area contributed by atoms with E-state index in [9.17, 15) is 47.9 Å². The molecule has 0 spiro atoms. The second kappa shape index (κ2) is 52.7. The number of imide groups is 2. The van der Waals surface area contributed by atoms with Crippen molar-refractivity contribution in [1.82, 2.24) is 59.9 Å². The van der Waals surface area contributed by atoms with Gasteiger partial charge in [-0.25, -0.2) is 34.3 Å². The summed E-state index contributed by atoms with van der Waals surface area (Å²) < 4.78 is 0.529. The molecule has 2 aliphatic rings. The number of H-pyrrole nitrogens is 3. The Labute approximate surface area is 752 Å². The number of nitrogens with two attached hydrogens (primary N) is 2. The molecule has 0 aliphatic carbocycles. The minimum atomic E-state index is -0.750. The zero-order valence-corrected chi connectivity index (χ0v) is 74.6. The lowest BCUT2D eigenvalue weighted by Crippen LogP contribution is -2.42. The maximum Gasteiger partial charge on any atom is 0.333 e. The fourth-order valence-corrected chi connectivity index (χ4v) is 13.7. The average Bonchev–Trinajstić information content (AvgIpc) is 1.64. The molecule has 0 saturated heterocycles. The van der Waals surface area contributed by atoms with E-state index < -0.39 is 22.4 Å². The van der Waals surface area contributed by atoms with Gasteiger partial charge in [0.15, 0.2) is 4.30 Å². The second-order valence-corrected chi connectivity index (χ2v) is 31.4. The van der Waals surface area contributed by atoms with Gasteiger partial charge in [0.1, 0.15) is 6.33 Å². The number of aryl methyl sites for hydroxylation is 2. The van der Waals surface area contributed by atoms with Gasteiger partial charge in [-0.15, -0.1) is 0 Å². The average molecular weight is 1800 g/mol. The largest absolute Gasteiger partial charge is 0.368 e. The van der Waals surface area contributed by atoms with E-state index in [1.54, 1.807) is 48.5 Å². The van der Waals surface area contributed by atoms with Gasteiger partial charge in [-0.3, -0.25) is 95.2 Å². The molecule has 10 aromatic rings. The summed E-state index contributed by atoms with van der Waals surface area (Å²) in [6, 6.07) is 47.0. The molecule has 2 aliphatic heterocycles. The first kappa shape index (κ1) is 101. The van der Waals surface area contributed by atoms with E-state index in [1.165, 1.54) is 51.3 Å². The molecule has 0 saturated carbocycles. The molecular weight excluding hydrogens is 1690 g/mol. The van der Waals surface area contributed by atoms with Crippen LogP contribution in [0.15, 0.2) is 217 Å². The number of hydrogen-bond donors (Lipinski definition) is 10. The van der Waals surface area contributed by atoms with Crippen LogP contribution in [0, 0.1) is 13.8 Å². The van der Waals surface area contributed by atoms with E-state index in [0.717, 1.165) is 117 Å². The lowest BCUT2D eigenvalue weighted by Gasteiger charge is -2.28. The van der Waals surface area contributed by atoms with Gasteiger partial charge < -0.3 is 20.4 Å². The third kappa shape index (κ3) is 31.6. The number of aromatic amines is 3. The van der Waals surface area contributed by atoms with Crippen LogP contribution in [0.25, 0.3) is 0 Å². The number of imidazole rings is 1. The van der Waals surface area contributed by atoms with Crippen molar-refractivity contribution in [2.75, 3.05) is 78.1 Å². The van der Waals surface area contributed by atoms with Crippen molar-refractivity contribution in [2.45, 2.75) is 154 Å². The molecule has 676 valence electrons. The third-order valence-corrected chi connectivity index (χ3v) is 20.5. The molecule has 6 aromatic carbocycles. The number of aromatic nitrogens is 8. The standard InChI is InChI=1S/C41H57N11O4.C33H27N5O4.C15H21N5O2.CHCl3.FH.H4N2.H2/c1-6-10-12-29(8-3)34-26-36(53)46-38(44-34)48-40(55)42-22-24-52(33-20-18-32(19-21-33)51-50-31-16-14-28(5)15-17-31)25-23-43-41(56)49-39-45-35(27-37(54)47-39)30(9-4)13-11-7-2;1-22-10-12-23(13-11-22)34-35-24-14-16-25(17-15-24)36(18-20-37-30(39)26-6-2-3-7-27(26)31(37)40)19-21-38-32(41)28-8-4-5-9-29(28)33(38)42;1-3-5-6-11(4-2)12-9-13(21)18-14(17-12)19-15(22)20-8-7-16-10-20;2-1(3)4;;1-2;/h14-21,26-27,29-30H,6-13,22-25H2,1-5H3,(H3,42,44,46,48,53,55)(H3,43,45,47,49,54,56);2-17H,18-21H2,1H3;7-11H,3-6H2,1-2H3,(H2,17,18,19,21,22);1H;1H;1-2H2;1H/i;;;;;;1+2. The van der Waals surface area contributed by atoms with Gasteiger partial charge >= 0.3 is 18.1 Å². The van der Waals surface area contributed by atoms with Crippen molar-refractivity contribution < 1.29 is 39.7 Å². The number of hydrogen-bond acceptors (Lipinski definition) is 22. The number of alkyl halides is 3. The first-order valence-corrected chi connectivity index (χ1v) is 43.2. The first-order valence-electron chi connectivity index (χ1n) is 41.9. The molecule has 37 heteroatoms. The Morgan fingerprint density at radius 1 is 0.449 bits per heavy atom. The highest BCUT2D eigenvalue weighted by atomic mass is 35.6. The smallest absolute Gasteiger partial charge is 0.333 e. The number of amides is 9. The predicted octanol–water partition coefficient (Wildman–Crippen LogP) is 18.1. The summed E-state index contributed by atoms with van der Waals surface area (Å²) in [6.45, 7) is 18.7. The Morgan fingerprint density at radius 3 is 1.04 bits per heavy atom. The Kier molecular flexibility index (Phi) is 41.9. The fourth-order valence-electron chi connectivity index (χ4n) is 13.7. The third-order valence-electron chi connectivity index (χ3n) is 20.5. The molecule has 127 heavy (non-hydrogen) atoms. The van der Waals surface area contributed by atoms with Gasteiger partial charge in [-0.2, -0.15) is 20.5 Å². The van der Waals surface area contributed by atoms with Crippen LogP contribution in [0.3, 0.4) is 0 Å². The Hall–Kier alpha value is -13.0. The number of fused-ring (bicyclic) bond motifs is 2. The molecular formula is C90H113Cl3FN23O10. The van der Waals surface area contributed by atoms with E-state index in [-0.39, 0.29) is 108 Å². The predicted molar refractivity (Wildman–Crippen MR) is 499 cm³/mol. The van der Waals surface area contributed by atoms with Crippen LogP contribution in [-0.4, -0.2) is 148 Å². The Morgan fingerprint density at radius 2 is 0.748 bits per heavy atom. The van der Waals surface area contributed by atoms with Crippen molar-refractivity contribution in [3.63, 3.8) is 0 Å². The number of azo groups is 2. The maximum absolute atomic E-state index is 13.0. The van der Waals surface area contributed by atoms with Gasteiger partial charge in [-0.1, -0.05) is 175 Å². The maximum atomic E-state index is 13.0. The van der Waals surface area contributed by atoms with E-state index in [0.29, 0.717) is 71.2 Å². The van der Waals surface area contributed by atoms with E-state index in [2.05, 4.69) is 135 Å². The number of hydrazine groups is 1. The highest BCUT2D eigenvalue weighted by molar-refractivity contribution is 6.63. The summed E-state index contributed by atoms with van der Waals surface area (Å²) in [5, 5.41) is 30.9. The summed E-state index contributed by atoms with van der Waals surface area (Å²) >= 11 is 14.4. The molecule has 0 bridgehead atoms. The molecule has 12 rings (SSSR count). The number of rotatable bonds is 36. The number of anilines is 5. The molecule has 3 unspecified atom stereocenters. The van der Waals surface area contributed by atoms with Gasteiger partial charge in [0.25, 0.3) is 40.3 Å². The molecule has 12 N–H and O–H groups in total. The zero-order chi connectivity index (χ0) is 91.0. The van der Waals surface area contributed by atoms with Crippen molar-refractivity contribution in [3.8, 4) is 0 Å². The Bertz CT molecular complexity index is 5220. The van der Waals surface area contributed by atoms with Gasteiger partial charge in [0.05, 0.1) is 62.1 Å². The van der Waals surface area contributed by atoms with Gasteiger partial charge in [0, 0.05) is 114 Å². The molecule has 3 atom stereocenters. The number of carbonyl (C=O) groups is 7.